The molecule has 2 bridgehead atoms. The molecule has 2 aliphatic heterocycles. The molecule has 1 N–H and O–H groups in total. The lowest BCUT2D eigenvalue weighted by Gasteiger charge is -2.29. The van der Waals surface area contributed by atoms with E-state index in [1.54, 1.807) is 12.4 Å². The Labute approximate surface area is 185 Å². The molecule has 5 heterocycles. The van der Waals surface area contributed by atoms with Crippen molar-refractivity contribution in [2.45, 2.75) is 25.5 Å². The van der Waals surface area contributed by atoms with Gasteiger partial charge in [0.15, 0.2) is 11.5 Å². The van der Waals surface area contributed by atoms with Crippen molar-refractivity contribution in [1.82, 2.24) is 19.6 Å². The summed E-state index contributed by atoms with van der Waals surface area (Å²) in [7, 11) is 0. The van der Waals surface area contributed by atoms with Crippen molar-refractivity contribution in [2.75, 3.05) is 23.5 Å². The highest BCUT2D eigenvalue weighted by Crippen LogP contribution is 2.34. The summed E-state index contributed by atoms with van der Waals surface area (Å²) in [5.74, 6) is 1.68. The van der Waals surface area contributed by atoms with Crippen LogP contribution in [-0.2, 0) is 4.74 Å². The first-order chi connectivity index (χ1) is 15.7. The van der Waals surface area contributed by atoms with Gasteiger partial charge in [-0.3, -0.25) is 10.4 Å². The molecule has 0 spiro atoms. The zero-order valence-corrected chi connectivity index (χ0v) is 17.7. The minimum Gasteiger partial charge on any atom is -0.374 e. The fourth-order valence-corrected chi connectivity index (χ4v) is 4.49. The highest BCUT2D eigenvalue weighted by atomic mass is 16.5. The van der Waals surface area contributed by atoms with E-state index in [1.165, 1.54) is 5.56 Å². The zero-order valence-electron chi connectivity index (χ0n) is 17.7. The van der Waals surface area contributed by atoms with E-state index in [1.807, 2.05) is 47.1 Å². The Hall–Kier alpha value is -3.78. The topological polar surface area (TPSA) is 79.9 Å². The molecular weight excluding hydrogens is 402 g/mol. The molecule has 8 heteroatoms. The average Bonchev–Trinajstić information content (AvgIpc) is 3.55. The van der Waals surface area contributed by atoms with Gasteiger partial charge in [-0.15, -0.1) is 0 Å². The molecule has 8 nitrogen and oxygen atoms in total. The molecule has 3 aromatic heterocycles. The number of nitrogens with one attached hydrogen (secondary N) is 1. The van der Waals surface area contributed by atoms with Crippen LogP contribution in [0.5, 0.6) is 0 Å². The van der Waals surface area contributed by atoms with Gasteiger partial charge < -0.3 is 9.64 Å². The number of aryl methyl sites for hydroxylation is 1. The molecule has 0 radical (unpaired) electrons. The van der Waals surface area contributed by atoms with Crippen molar-refractivity contribution in [3.63, 3.8) is 0 Å². The summed E-state index contributed by atoms with van der Waals surface area (Å²) in [5, 5.41) is 9.29. The highest BCUT2D eigenvalue weighted by Gasteiger charge is 2.40. The lowest BCUT2D eigenvalue weighted by atomic mass is 10.2. The Kier molecular flexibility index (Phi) is 4.57. The molecular formula is C24H23N7O. The number of hydrazone groups is 1. The Morgan fingerprint density at radius 2 is 2.06 bits per heavy atom. The largest absolute Gasteiger partial charge is 0.374 e. The van der Waals surface area contributed by atoms with Crippen molar-refractivity contribution in [3.05, 3.63) is 72.1 Å². The third-order valence-electron chi connectivity index (χ3n) is 6.01. The van der Waals surface area contributed by atoms with Crippen molar-refractivity contribution in [1.29, 1.82) is 0 Å². The number of hydrogen-bond acceptors (Lipinski definition) is 7. The Balaban J connectivity index is 1.38. The van der Waals surface area contributed by atoms with Crippen LogP contribution in [-0.4, -0.2) is 51.1 Å². The van der Waals surface area contributed by atoms with Gasteiger partial charge in [0.2, 0.25) is 0 Å². The van der Waals surface area contributed by atoms with Gasteiger partial charge in [-0.25, -0.2) is 4.98 Å². The molecule has 2 atom stereocenters. The number of anilines is 2. The summed E-state index contributed by atoms with van der Waals surface area (Å²) in [4.78, 5) is 11.3. The number of pyridine rings is 1. The number of morpholine rings is 1. The number of ether oxygens (including phenoxy) is 1. The summed E-state index contributed by atoms with van der Waals surface area (Å²) >= 11 is 0. The molecule has 32 heavy (non-hydrogen) atoms. The zero-order chi connectivity index (χ0) is 21.5. The summed E-state index contributed by atoms with van der Waals surface area (Å²) in [5.41, 5.74) is 7.99. The molecule has 6 rings (SSSR count). The number of benzene rings is 1. The number of aromatic nitrogens is 4. The molecule has 0 amide bonds. The van der Waals surface area contributed by atoms with Gasteiger partial charge in [-0.05, 0) is 31.0 Å². The summed E-state index contributed by atoms with van der Waals surface area (Å²) < 4.78 is 7.73. The maximum atomic E-state index is 5.81. The second-order valence-electron chi connectivity index (χ2n) is 8.32. The molecule has 160 valence electrons. The van der Waals surface area contributed by atoms with Crippen molar-refractivity contribution < 1.29 is 4.74 Å². The Morgan fingerprint density at radius 3 is 2.84 bits per heavy atom. The van der Waals surface area contributed by atoms with Gasteiger partial charge in [0.05, 0.1) is 30.7 Å². The number of rotatable bonds is 5. The molecule has 2 aliphatic rings. The molecule has 0 aliphatic carbocycles. The minimum atomic E-state index is 0.286. The van der Waals surface area contributed by atoms with Crippen LogP contribution in [0.1, 0.15) is 17.5 Å². The summed E-state index contributed by atoms with van der Waals surface area (Å²) in [6.45, 7) is 3.68. The van der Waals surface area contributed by atoms with Crippen molar-refractivity contribution in [2.24, 2.45) is 5.10 Å². The van der Waals surface area contributed by atoms with Gasteiger partial charge in [-0.2, -0.15) is 14.7 Å². The van der Waals surface area contributed by atoms with Crippen LogP contribution in [0.15, 0.2) is 66.0 Å². The maximum absolute atomic E-state index is 5.81. The SMILES string of the molecule is Cc1cccc(C=NNc2cc(N3CC4CC3CO4)n3nc(-c4ccncc4)cc3n2)c1. The fraction of sp³-hybridized carbons (Fsp3) is 0.250. The second-order valence-corrected chi connectivity index (χ2v) is 8.32. The molecule has 4 aromatic rings. The average molecular weight is 425 g/mol. The van der Waals surface area contributed by atoms with Crippen LogP contribution < -0.4 is 10.3 Å². The standard InChI is InChI=1S/C24H23N7O/c1-16-3-2-4-17(9-16)13-26-28-22-12-24(30-14-20-10-19(30)15-32-20)31-23(27-22)11-21(29-31)18-5-7-25-8-6-18/h2-9,11-13,19-20H,10,14-15H2,1H3,(H,27,28). The van der Waals surface area contributed by atoms with E-state index in [0.29, 0.717) is 11.9 Å². The van der Waals surface area contributed by atoms with Gasteiger partial charge in [-0.1, -0.05) is 29.8 Å². The first kappa shape index (κ1) is 18.9. The second kappa shape index (κ2) is 7.72. The molecule has 2 unspecified atom stereocenters. The minimum absolute atomic E-state index is 0.286. The van der Waals surface area contributed by atoms with Gasteiger partial charge >= 0.3 is 0 Å². The quantitative estimate of drug-likeness (QED) is 0.389. The van der Waals surface area contributed by atoms with E-state index < -0.39 is 0 Å². The van der Waals surface area contributed by atoms with E-state index in [4.69, 9.17) is 14.8 Å². The third-order valence-corrected chi connectivity index (χ3v) is 6.01. The lowest BCUT2D eigenvalue weighted by molar-refractivity contribution is 0.0987. The third kappa shape index (κ3) is 3.48. The first-order valence-corrected chi connectivity index (χ1v) is 10.8. The normalized spacial score (nSPS) is 20.0. The van der Waals surface area contributed by atoms with Crippen LogP contribution in [0.25, 0.3) is 16.9 Å². The van der Waals surface area contributed by atoms with Gasteiger partial charge in [0, 0.05) is 36.6 Å². The Bertz CT molecular complexity index is 1300. The number of hydrogen-bond donors (Lipinski definition) is 1. The van der Waals surface area contributed by atoms with E-state index in [-0.39, 0.29) is 6.10 Å². The van der Waals surface area contributed by atoms with E-state index in [0.717, 1.165) is 47.9 Å². The fourth-order valence-electron chi connectivity index (χ4n) is 4.49. The number of nitrogens with zero attached hydrogens (tertiary/aromatic N) is 6. The highest BCUT2D eigenvalue weighted by molar-refractivity contribution is 5.80. The molecule has 2 fully saturated rings. The predicted octanol–water partition coefficient (Wildman–Crippen LogP) is 3.52. The van der Waals surface area contributed by atoms with Crippen LogP contribution in [0.3, 0.4) is 0 Å². The van der Waals surface area contributed by atoms with Crippen molar-refractivity contribution >= 4 is 23.5 Å². The number of fused-ring (bicyclic) bond motifs is 3. The molecule has 1 aromatic carbocycles. The van der Waals surface area contributed by atoms with E-state index in [9.17, 15) is 0 Å². The van der Waals surface area contributed by atoms with Crippen LogP contribution in [0.4, 0.5) is 11.6 Å². The monoisotopic (exact) mass is 425 g/mol. The first-order valence-electron chi connectivity index (χ1n) is 10.8. The smallest absolute Gasteiger partial charge is 0.160 e. The van der Waals surface area contributed by atoms with Crippen LogP contribution in [0.2, 0.25) is 0 Å². The van der Waals surface area contributed by atoms with Crippen LogP contribution in [0, 0.1) is 6.92 Å². The maximum Gasteiger partial charge on any atom is 0.160 e. The van der Waals surface area contributed by atoms with Crippen LogP contribution >= 0.6 is 0 Å². The molecule has 0 saturated carbocycles. The summed E-state index contributed by atoms with van der Waals surface area (Å²) in [6.07, 6.45) is 6.70. The summed E-state index contributed by atoms with van der Waals surface area (Å²) in [6, 6.07) is 16.5. The molecule has 2 saturated heterocycles. The van der Waals surface area contributed by atoms with Gasteiger partial charge in [0.25, 0.3) is 0 Å². The lowest BCUT2D eigenvalue weighted by Crippen LogP contribution is -2.38. The van der Waals surface area contributed by atoms with Crippen molar-refractivity contribution in [3.8, 4) is 11.3 Å². The van der Waals surface area contributed by atoms with Gasteiger partial charge in [0.1, 0.15) is 5.82 Å². The predicted molar refractivity (Wildman–Crippen MR) is 124 cm³/mol. The Morgan fingerprint density at radius 1 is 1.16 bits per heavy atom. The van der Waals surface area contributed by atoms with E-state index in [2.05, 4.69) is 39.5 Å². The van der Waals surface area contributed by atoms with E-state index >= 15 is 0 Å².